The number of carbonyl (C=O) groups is 1. The number of aromatic hydroxyl groups is 1. The molecule has 3 aromatic carbocycles. The van der Waals surface area contributed by atoms with E-state index in [1.807, 2.05) is 37.3 Å². The molecule has 0 saturated heterocycles. The van der Waals surface area contributed by atoms with Crippen molar-refractivity contribution in [2.75, 3.05) is 7.11 Å². The van der Waals surface area contributed by atoms with Crippen molar-refractivity contribution in [3.63, 3.8) is 0 Å². The highest BCUT2D eigenvalue weighted by molar-refractivity contribution is 5.89. The van der Waals surface area contributed by atoms with Crippen LogP contribution in [0, 0.1) is 0 Å². The lowest BCUT2D eigenvalue weighted by molar-refractivity contribution is 0.0696. The molecule has 0 atom stereocenters. The van der Waals surface area contributed by atoms with Crippen LogP contribution in [0.25, 0.3) is 22.3 Å². The topological polar surface area (TPSA) is 106 Å². The van der Waals surface area contributed by atoms with E-state index in [0.717, 1.165) is 12.0 Å². The summed E-state index contributed by atoms with van der Waals surface area (Å²) in [6, 6.07) is 16.7. The maximum absolute atomic E-state index is 12.9. The Morgan fingerprint density at radius 2 is 1.79 bits per heavy atom. The average molecular weight is 460 g/mol. The van der Waals surface area contributed by atoms with Gasteiger partial charge in [-0.05, 0) is 18.6 Å². The first kappa shape index (κ1) is 22.9. The molecule has 0 aliphatic carbocycles. The van der Waals surface area contributed by atoms with E-state index in [4.69, 9.17) is 13.9 Å². The molecule has 0 fully saturated rings. The van der Waals surface area contributed by atoms with E-state index in [0.29, 0.717) is 34.8 Å². The number of rotatable bonds is 8. The molecule has 0 unspecified atom stereocenters. The fraction of sp³-hybridized carbons (Fsp3) is 0.185. The third kappa shape index (κ3) is 4.45. The molecule has 4 aromatic rings. The number of phenols is 1. The first-order valence-electron chi connectivity index (χ1n) is 10.8. The van der Waals surface area contributed by atoms with Crippen LogP contribution in [0.5, 0.6) is 17.2 Å². The Balaban J connectivity index is 1.77. The minimum absolute atomic E-state index is 0.0628. The van der Waals surface area contributed by atoms with Gasteiger partial charge in [-0.1, -0.05) is 49.7 Å². The van der Waals surface area contributed by atoms with Gasteiger partial charge < -0.3 is 24.1 Å². The van der Waals surface area contributed by atoms with E-state index in [2.05, 4.69) is 0 Å². The Kier molecular flexibility index (Phi) is 6.54. The highest BCUT2D eigenvalue weighted by Crippen LogP contribution is 2.37. The van der Waals surface area contributed by atoms with E-state index < -0.39 is 5.97 Å². The maximum Gasteiger partial charge on any atom is 0.335 e. The van der Waals surface area contributed by atoms with Crippen LogP contribution >= 0.6 is 0 Å². The SMILES string of the molecule is CCCc1c(OCc2ccc(C(=O)O)cc2OC)cc2oc(-c3ccccc3)cc(=O)c2c1O. The van der Waals surface area contributed by atoms with E-state index >= 15 is 0 Å². The quantitative estimate of drug-likeness (QED) is 0.362. The molecule has 1 heterocycles. The number of carboxylic acids is 1. The number of methoxy groups -OCH3 is 1. The summed E-state index contributed by atoms with van der Waals surface area (Å²) in [5.41, 5.74) is 1.86. The summed E-state index contributed by atoms with van der Waals surface area (Å²) in [4.78, 5) is 24.1. The summed E-state index contributed by atoms with van der Waals surface area (Å²) < 4.78 is 17.4. The second-order valence-electron chi connectivity index (χ2n) is 7.79. The van der Waals surface area contributed by atoms with Crippen molar-refractivity contribution in [3.8, 4) is 28.6 Å². The molecule has 0 radical (unpaired) electrons. The van der Waals surface area contributed by atoms with Crippen molar-refractivity contribution in [3.05, 3.63) is 87.6 Å². The maximum atomic E-state index is 12.9. The number of aromatic carboxylic acids is 1. The van der Waals surface area contributed by atoms with Gasteiger partial charge in [-0.15, -0.1) is 0 Å². The molecule has 174 valence electrons. The lowest BCUT2D eigenvalue weighted by Crippen LogP contribution is -2.06. The summed E-state index contributed by atoms with van der Waals surface area (Å²) in [5, 5.41) is 20.3. The Morgan fingerprint density at radius 1 is 1.03 bits per heavy atom. The van der Waals surface area contributed by atoms with Crippen molar-refractivity contribution < 1.29 is 28.9 Å². The molecule has 7 nitrogen and oxygen atoms in total. The number of hydrogen-bond acceptors (Lipinski definition) is 6. The summed E-state index contributed by atoms with van der Waals surface area (Å²) >= 11 is 0. The predicted octanol–water partition coefficient (Wildman–Crippen LogP) is 5.40. The molecule has 0 saturated carbocycles. The summed E-state index contributed by atoms with van der Waals surface area (Å²) in [6.07, 6.45) is 1.21. The number of carboxylic acid groups (broad SMARTS) is 1. The fourth-order valence-corrected chi connectivity index (χ4v) is 3.84. The average Bonchev–Trinajstić information content (AvgIpc) is 2.84. The highest BCUT2D eigenvalue weighted by atomic mass is 16.5. The lowest BCUT2D eigenvalue weighted by Gasteiger charge is -2.16. The van der Waals surface area contributed by atoms with Gasteiger partial charge >= 0.3 is 5.97 Å². The van der Waals surface area contributed by atoms with Crippen LogP contribution in [0.15, 0.2) is 69.9 Å². The Labute approximate surface area is 195 Å². The van der Waals surface area contributed by atoms with Crippen LogP contribution in [0.1, 0.15) is 34.8 Å². The standard InChI is InChI=1S/C27H24O7/c1-3-7-19-23(33-15-18-11-10-17(27(30)31)12-21(18)32-2)14-24-25(26(19)29)20(28)13-22(34-24)16-8-5-4-6-9-16/h4-6,8-14,29H,3,7,15H2,1-2H3,(H,30,31). The third-order valence-electron chi connectivity index (χ3n) is 5.53. The van der Waals surface area contributed by atoms with Crippen LogP contribution < -0.4 is 14.9 Å². The predicted molar refractivity (Wildman–Crippen MR) is 128 cm³/mol. The van der Waals surface area contributed by atoms with E-state index in [9.17, 15) is 19.8 Å². The second-order valence-corrected chi connectivity index (χ2v) is 7.79. The van der Waals surface area contributed by atoms with E-state index in [-0.39, 0.29) is 34.3 Å². The van der Waals surface area contributed by atoms with Gasteiger partial charge in [0.05, 0.1) is 12.7 Å². The smallest absolute Gasteiger partial charge is 0.335 e. The largest absolute Gasteiger partial charge is 0.507 e. The summed E-state index contributed by atoms with van der Waals surface area (Å²) in [7, 11) is 1.45. The first-order valence-corrected chi connectivity index (χ1v) is 10.8. The highest BCUT2D eigenvalue weighted by Gasteiger charge is 2.19. The molecule has 7 heteroatoms. The number of ether oxygens (including phenoxy) is 2. The zero-order valence-electron chi connectivity index (χ0n) is 18.8. The van der Waals surface area contributed by atoms with Crippen molar-refractivity contribution >= 4 is 16.9 Å². The Morgan fingerprint density at radius 3 is 2.47 bits per heavy atom. The molecular formula is C27H24O7. The van der Waals surface area contributed by atoms with Crippen LogP contribution in [-0.4, -0.2) is 23.3 Å². The molecular weight excluding hydrogens is 436 g/mol. The van der Waals surface area contributed by atoms with Gasteiger partial charge in [-0.25, -0.2) is 4.79 Å². The van der Waals surface area contributed by atoms with Crippen LogP contribution in [-0.2, 0) is 13.0 Å². The molecule has 0 amide bonds. The molecule has 0 aliphatic rings. The Hall–Kier alpha value is -4.26. The van der Waals surface area contributed by atoms with Gasteiger partial charge in [0.25, 0.3) is 0 Å². The molecule has 1 aromatic heterocycles. The number of fused-ring (bicyclic) bond motifs is 1. The monoisotopic (exact) mass is 460 g/mol. The lowest BCUT2D eigenvalue weighted by atomic mass is 10.0. The van der Waals surface area contributed by atoms with Gasteiger partial charge in [-0.3, -0.25) is 4.79 Å². The summed E-state index contributed by atoms with van der Waals surface area (Å²) in [6.45, 7) is 2.02. The van der Waals surface area contributed by atoms with Crippen LogP contribution in [0.4, 0.5) is 0 Å². The van der Waals surface area contributed by atoms with Crippen molar-refractivity contribution in [1.82, 2.24) is 0 Å². The minimum atomic E-state index is -1.06. The number of hydrogen-bond donors (Lipinski definition) is 2. The van der Waals surface area contributed by atoms with Crippen LogP contribution in [0.2, 0.25) is 0 Å². The Bertz CT molecular complexity index is 1400. The van der Waals surface area contributed by atoms with Crippen molar-refractivity contribution in [2.24, 2.45) is 0 Å². The van der Waals surface area contributed by atoms with Gasteiger partial charge in [-0.2, -0.15) is 0 Å². The van der Waals surface area contributed by atoms with Gasteiger partial charge in [0.1, 0.15) is 40.6 Å². The van der Waals surface area contributed by atoms with Gasteiger partial charge in [0.15, 0.2) is 5.43 Å². The fourth-order valence-electron chi connectivity index (χ4n) is 3.84. The normalized spacial score (nSPS) is 10.9. The third-order valence-corrected chi connectivity index (χ3v) is 5.53. The molecule has 34 heavy (non-hydrogen) atoms. The molecule has 2 N–H and O–H groups in total. The number of phenolic OH excluding ortho intramolecular Hbond substituents is 1. The molecule has 0 bridgehead atoms. The summed E-state index contributed by atoms with van der Waals surface area (Å²) in [5.74, 6) is -0.0716. The van der Waals surface area contributed by atoms with Crippen molar-refractivity contribution in [1.29, 1.82) is 0 Å². The van der Waals surface area contributed by atoms with E-state index in [1.54, 1.807) is 12.1 Å². The van der Waals surface area contributed by atoms with Crippen LogP contribution in [0.3, 0.4) is 0 Å². The molecule has 0 spiro atoms. The minimum Gasteiger partial charge on any atom is -0.507 e. The second kappa shape index (κ2) is 9.70. The zero-order chi connectivity index (χ0) is 24.2. The number of benzene rings is 3. The van der Waals surface area contributed by atoms with Crippen molar-refractivity contribution in [2.45, 2.75) is 26.4 Å². The van der Waals surface area contributed by atoms with E-state index in [1.165, 1.54) is 25.3 Å². The zero-order valence-corrected chi connectivity index (χ0v) is 18.8. The first-order chi connectivity index (χ1) is 16.4. The molecule has 0 aliphatic heterocycles. The van der Waals surface area contributed by atoms with Gasteiger partial charge in [0.2, 0.25) is 0 Å². The van der Waals surface area contributed by atoms with Gasteiger partial charge in [0, 0.05) is 28.8 Å². The molecule has 4 rings (SSSR count).